The predicted molar refractivity (Wildman–Crippen MR) is 72.4 cm³/mol. The van der Waals surface area contributed by atoms with Gasteiger partial charge in [-0.1, -0.05) is 15.9 Å². The van der Waals surface area contributed by atoms with Crippen LogP contribution in [0.4, 0.5) is 0 Å². The van der Waals surface area contributed by atoms with Gasteiger partial charge in [-0.25, -0.2) is 12.7 Å². The van der Waals surface area contributed by atoms with Crippen molar-refractivity contribution in [3.8, 4) is 0 Å². The van der Waals surface area contributed by atoms with Gasteiger partial charge in [0.25, 0.3) is 0 Å². The van der Waals surface area contributed by atoms with Crippen LogP contribution in [0.25, 0.3) is 0 Å². The molecule has 1 aromatic rings. The van der Waals surface area contributed by atoms with E-state index in [0.717, 1.165) is 4.47 Å². The fraction of sp³-hybridized carbons (Fsp3) is 0.364. The van der Waals surface area contributed by atoms with Gasteiger partial charge in [0.05, 0.1) is 4.90 Å². The number of primary amides is 1. The lowest BCUT2D eigenvalue weighted by Gasteiger charge is -2.16. The first-order valence-electron chi connectivity index (χ1n) is 5.34. The van der Waals surface area contributed by atoms with Crippen LogP contribution in [0.1, 0.15) is 12.8 Å². The lowest BCUT2D eigenvalue weighted by Crippen LogP contribution is -2.28. The number of sulfonamides is 1. The minimum Gasteiger partial charge on any atom is -0.370 e. The van der Waals surface area contributed by atoms with Gasteiger partial charge in [0, 0.05) is 24.5 Å². The Hall–Kier alpha value is -0.920. The van der Waals surface area contributed by atoms with Gasteiger partial charge in [0.1, 0.15) is 0 Å². The van der Waals surface area contributed by atoms with Crippen molar-refractivity contribution in [1.82, 2.24) is 4.31 Å². The van der Waals surface area contributed by atoms with Crippen LogP contribution in [0.3, 0.4) is 0 Å². The molecular formula is C11H15BrN2O3S. The number of hydrogen-bond donors (Lipinski definition) is 1. The Balaban J connectivity index is 2.73. The number of nitrogens with two attached hydrogens (primary N) is 1. The maximum Gasteiger partial charge on any atom is 0.242 e. The normalized spacial score (nSPS) is 11.7. The molecule has 0 spiro atoms. The Kier molecular flexibility index (Phi) is 5.30. The molecule has 0 unspecified atom stereocenters. The van der Waals surface area contributed by atoms with E-state index in [2.05, 4.69) is 15.9 Å². The third kappa shape index (κ3) is 4.08. The molecule has 0 saturated carbocycles. The summed E-state index contributed by atoms with van der Waals surface area (Å²) in [4.78, 5) is 10.8. The van der Waals surface area contributed by atoms with Crippen LogP contribution in [0.2, 0.25) is 0 Å². The molecule has 0 aliphatic heterocycles. The highest BCUT2D eigenvalue weighted by Crippen LogP contribution is 2.18. The third-order valence-corrected chi connectivity index (χ3v) is 4.82. The number of nitrogens with zero attached hydrogens (tertiary/aromatic N) is 1. The van der Waals surface area contributed by atoms with E-state index in [4.69, 9.17) is 5.73 Å². The summed E-state index contributed by atoms with van der Waals surface area (Å²) in [5.41, 5.74) is 5.00. The first-order valence-corrected chi connectivity index (χ1v) is 7.57. The molecule has 0 radical (unpaired) electrons. The molecular weight excluding hydrogens is 320 g/mol. The highest BCUT2D eigenvalue weighted by molar-refractivity contribution is 9.10. The topological polar surface area (TPSA) is 80.5 Å². The second-order valence-corrected chi connectivity index (χ2v) is 6.81. The minimum atomic E-state index is -3.49. The van der Waals surface area contributed by atoms with E-state index in [1.165, 1.54) is 23.5 Å². The summed E-state index contributed by atoms with van der Waals surface area (Å²) in [5, 5.41) is 0. The number of halogens is 1. The average molecular weight is 335 g/mol. The SMILES string of the molecule is CN(CCCC(N)=O)S(=O)(=O)c1ccc(Br)cc1. The maximum atomic E-state index is 12.1. The van der Waals surface area contributed by atoms with Crippen LogP contribution in [0, 0.1) is 0 Å². The Labute approximate surface area is 115 Å². The smallest absolute Gasteiger partial charge is 0.242 e. The molecule has 18 heavy (non-hydrogen) atoms. The summed E-state index contributed by atoms with van der Waals surface area (Å²) >= 11 is 3.25. The van der Waals surface area contributed by atoms with Crippen molar-refractivity contribution >= 4 is 31.9 Å². The molecule has 0 atom stereocenters. The van der Waals surface area contributed by atoms with Crippen molar-refractivity contribution in [2.45, 2.75) is 17.7 Å². The van der Waals surface area contributed by atoms with E-state index >= 15 is 0 Å². The van der Waals surface area contributed by atoms with E-state index in [-0.39, 0.29) is 17.9 Å². The molecule has 2 N–H and O–H groups in total. The maximum absolute atomic E-state index is 12.1. The number of benzene rings is 1. The molecule has 100 valence electrons. The standard InChI is InChI=1S/C11H15BrN2O3S/c1-14(8-2-3-11(13)15)18(16,17)10-6-4-9(12)5-7-10/h4-7H,2-3,8H2,1H3,(H2,13,15). The fourth-order valence-corrected chi connectivity index (χ4v) is 2.86. The van der Waals surface area contributed by atoms with Crippen molar-refractivity contribution in [2.24, 2.45) is 5.73 Å². The highest BCUT2D eigenvalue weighted by Gasteiger charge is 2.20. The Morgan fingerprint density at radius 3 is 2.39 bits per heavy atom. The first kappa shape index (κ1) is 15.1. The lowest BCUT2D eigenvalue weighted by atomic mass is 10.3. The molecule has 0 bridgehead atoms. The predicted octanol–water partition coefficient (Wildman–Crippen LogP) is 1.34. The van der Waals surface area contributed by atoms with Gasteiger partial charge in [-0.15, -0.1) is 0 Å². The van der Waals surface area contributed by atoms with Gasteiger partial charge in [-0.2, -0.15) is 0 Å². The van der Waals surface area contributed by atoms with Crippen molar-refractivity contribution in [3.63, 3.8) is 0 Å². The third-order valence-electron chi connectivity index (χ3n) is 2.42. The molecule has 1 rings (SSSR count). The summed E-state index contributed by atoms with van der Waals surface area (Å²) in [7, 11) is -2.01. The summed E-state index contributed by atoms with van der Waals surface area (Å²) in [5.74, 6) is -0.426. The Morgan fingerprint density at radius 2 is 1.89 bits per heavy atom. The monoisotopic (exact) mass is 334 g/mol. The van der Waals surface area contributed by atoms with E-state index < -0.39 is 15.9 Å². The summed E-state index contributed by atoms with van der Waals surface area (Å²) in [6, 6.07) is 6.41. The number of carbonyl (C=O) groups is 1. The average Bonchev–Trinajstić information content (AvgIpc) is 2.28. The van der Waals surface area contributed by atoms with Crippen molar-refractivity contribution in [1.29, 1.82) is 0 Å². The molecule has 5 nitrogen and oxygen atoms in total. The fourth-order valence-electron chi connectivity index (χ4n) is 1.38. The van der Waals surface area contributed by atoms with Crippen LogP contribution in [-0.2, 0) is 14.8 Å². The molecule has 0 saturated heterocycles. The molecule has 0 aromatic heterocycles. The summed E-state index contributed by atoms with van der Waals surface area (Å²) in [6.45, 7) is 0.265. The van der Waals surface area contributed by atoms with E-state index in [1.54, 1.807) is 12.1 Å². The van der Waals surface area contributed by atoms with Crippen LogP contribution >= 0.6 is 15.9 Å². The molecule has 1 amide bonds. The Morgan fingerprint density at radius 1 is 1.33 bits per heavy atom. The molecule has 0 fully saturated rings. The quantitative estimate of drug-likeness (QED) is 0.852. The lowest BCUT2D eigenvalue weighted by molar-refractivity contribution is -0.118. The van der Waals surface area contributed by atoms with Gasteiger partial charge in [0.2, 0.25) is 15.9 Å². The zero-order valence-corrected chi connectivity index (χ0v) is 12.4. The van der Waals surface area contributed by atoms with Crippen molar-refractivity contribution in [2.75, 3.05) is 13.6 Å². The molecule has 0 aliphatic rings. The largest absolute Gasteiger partial charge is 0.370 e. The first-order chi connectivity index (χ1) is 8.34. The van der Waals surface area contributed by atoms with E-state index in [9.17, 15) is 13.2 Å². The van der Waals surface area contributed by atoms with Gasteiger partial charge in [-0.05, 0) is 30.7 Å². The van der Waals surface area contributed by atoms with E-state index in [1.807, 2.05) is 0 Å². The molecule has 1 aromatic carbocycles. The summed E-state index contributed by atoms with van der Waals surface area (Å²) < 4.78 is 26.3. The van der Waals surface area contributed by atoms with Crippen LogP contribution in [0.15, 0.2) is 33.6 Å². The molecule has 0 heterocycles. The zero-order chi connectivity index (χ0) is 13.8. The second-order valence-electron chi connectivity index (χ2n) is 3.85. The minimum absolute atomic E-state index is 0.181. The van der Waals surface area contributed by atoms with Crippen LogP contribution in [0.5, 0.6) is 0 Å². The van der Waals surface area contributed by atoms with Crippen LogP contribution in [-0.4, -0.2) is 32.2 Å². The van der Waals surface area contributed by atoms with Gasteiger partial charge < -0.3 is 5.73 Å². The van der Waals surface area contributed by atoms with E-state index in [0.29, 0.717) is 6.42 Å². The number of rotatable bonds is 6. The highest BCUT2D eigenvalue weighted by atomic mass is 79.9. The Bertz CT molecular complexity index is 514. The number of carbonyl (C=O) groups excluding carboxylic acids is 1. The van der Waals surface area contributed by atoms with Crippen molar-refractivity contribution < 1.29 is 13.2 Å². The molecule has 7 heteroatoms. The number of amides is 1. The summed E-state index contributed by atoms with van der Waals surface area (Å²) in [6.07, 6.45) is 0.599. The van der Waals surface area contributed by atoms with Crippen molar-refractivity contribution in [3.05, 3.63) is 28.7 Å². The van der Waals surface area contributed by atoms with Gasteiger partial charge in [-0.3, -0.25) is 4.79 Å². The van der Waals surface area contributed by atoms with Gasteiger partial charge >= 0.3 is 0 Å². The van der Waals surface area contributed by atoms with Gasteiger partial charge in [0.15, 0.2) is 0 Å². The molecule has 0 aliphatic carbocycles. The zero-order valence-electron chi connectivity index (χ0n) is 9.97. The van der Waals surface area contributed by atoms with Crippen LogP contribution < -0.4 is 5.73 Å². The number of hydrogen-bond acceptors (Lipinski definition) is 3. The second kappa shape index (κ2) is 6.31.